The highest BCUT2D eigenvalue weighted by Gasteiger charge is 2.08. The van der Waals surface area contributed by atoms with E-state index in [4.69, 9.17) is 0 Å². The van der Waals surface area contributed by atoms with E-state index in [9.17, 15) is 0 Å². The molecule has 0 bridgehead atoms. The van der Waals surface area contributed by atoms with E-state index in [0.717, 1.165) is 11.4 Å². The Morgan fingerprint density at radius 1 is 0.737 bits per heavy atom. The molecular weight excluding hydrogens is 232 g/mol. The molecule has 3 aromatic rings. The van der Waals surface area contributed by atoms with Gasteiger partial charge in [0, 0.05) is 11.3 Å². The molecular formula is C17H16N2. The van der Waals surface area contributed by atoms with Gasteiger partial charge in [0.15, 0.2) is 0 Å². The Morgan fingerprint density at radius 2 is 1.32 bits per heavy atom. The lowest BCUT2D eigenvalue weighted by Gasteiger charge is -2.05. The molecule has 0 atom stereocenters. The molecule has 0 aliphatic carbocycles. The van der Waals surface area contributed by atoms with E-state index < -0.39 is 0 Å². The normalized spacial score (nSPS) is 10.6. The Bertz CT molecular complexity index is 660. The third-order valence-corrected chi connectivity index (χ3v) is 3.41. The number of aromatic amines is 1. The maximum atomic E-state index is 4.25. The minimum absolute atomic E-state index is 1.05. The third-order valence-electron chi connectivity index (χ3n) is 3.41. The van der Waals surface area contributed by atoms with Crippen molar-refractivity contribution in [2.45, 2.75) is 13.8 Å². The van der Waals surface area contributed by atoms with Gasteiger partial charge in [-0.2, -0.15) is 5.10 Å². The number of nitrogens with one attached hydrogen (secondary N) is 1. The van der Waals surface area contributed by atoms with Crippen molar-refractivity contribution in [2.24, 2.45) is 0 Å². The van der Waals surface area contributed by atoms with Crippen LogP contribution in [-0.2, 0) is 0 Å². The van der Waals surface area contributed by atoms with Crippen molar-refractivity contribution in [3.63, 3.8) is 0 Å². The van der Waals surface area contributed by atoms with Gasteiger partial charge in [-0.3, -0.25) is 5.10 Å². The van der Waals surface area contributed by atoms with Crippen LogP contribution in [0.4, 0.5) is 0 Å². The third kappa shape index (κ3) is 2.17. The summed E-state index contributed by atoms with van der Waals surface area (Å²) in [7, 11) is 0. The smallest absolute Gasteiger partial charge is 0.0672 e. The van der Waals surface area contributed by atoms with Crippen molar-refractivity contribution in [2.75, 3.05) is 0 Å². The second-order valence-electron chi connectivity index (χ2n) is 4.75. The van der Waals surface area contributed by atoms with Crippen molar-refractivity contribution in [3.8, 4) is 22.3 Å². The molecule has 2 heteroatoms. The maximum absolute atomic E-state index is 4.25. The second kappa shape index (κ2) is 4.73. The molecule has 2 nitrogen and oxygen atoms in total. The number of hydrogen-bond acceptors (Lipinski definition) is 1. The van der Waals surface area contributed by atoms with Crippen molar-refractivity contribution >= 4 is 0 Å². The summed E-state index contributed by atoms with van der Waals surface area (Å²) in [5, 5.41) is 7.28. The van der Waals surface area contributed by atoms with Crippen LogP contribution in [0.25, 0.3) is 22.3 Å². The number of aryl methyl sites for hydroxylation is 2. The van der Waals surface area contributed by atoms with Gasteiger partial charge < -0.3 is 0 Å². The minimum atomic E-state index is 1.05. The van der Waals surface area contributed by atoms with Gasteiger partial charge in [0.2, 0.25) is 0 Å². The molecule has 0 saturated heterocycles. The summed E-state index contributed by atoms with van der Waals surface area (Å²) in [4.78, 5) is 0. The predicted octanol–water partition coefficient (Wildman–Crippen LogP) is 4.36. The molecule has 1 aromatic heterocycles. The number of nitrogens with zero attached hydrogens (tertiary/aromatic N) is 1. The van der Waals surface area contributed by atoms with Crippen LogP contribution in [0.5, 0.6) is 0 Å². The summed E-state index contributed by atoms with van der Waals surface area (Å²) in [5.74, 6) is 0. The highest BCUT2D eigenvalue weighted by atomic mass is 15.1. The van der Waals surface area contributed by atoms with E-state index in [2.05, 4.69) is 65.7 Å². The molecule has 0 unspecified atom stereocenters. The lowest BCUT2D eigenvalue weighted by atomic mass is 9.99. The number of rotatable bonds is 2. The quantitative estimate of drug-likeness (QED) is 0.717. The molecule has 1 N–H and O–H groups in total. The molecule has 0 saturated carbocycles. The first-order valence-electron chi connectivity index (χ1n) is 6.43. The van der Waals surface area contributed by atoms with Crippen LogP contribution in [0, 0.1) is 13.8 Å². The molecule has 0 fully saturated rings. The number of hydrogen-bond donors (Lipinski definition) is 1. The van der Waals surface area contributed by atoms with Crippen molar-refractivity contribution in [1.29, 1.82) is 0 Å². The monoisotopic (exact) mass is 248 g/mol. The van der Waals surface area contributed by atoms with Gasteiger partial charge in [-0.1, -0.05) is 54.6 Å². The molecule has 0 aliphatic rings. The van der Waals surface area contributed by atoms with Crippen LogP contribution in [0.3, 0.4) is 0 Å². The van der Waals surface area contributed by atoms with Crippen molar-refractivity contribution < 1.29 is 0 Å². The summed E-state index contributed by atoms with van der Waals surface area (Å²) in [6.07, 6.45) is 0. The zero-order chi connectivity index (χ0) is 13.2. The first kappa shape index (κ1) is 11.7. The standard InChI is InChI=1S/C17H16N2/c1-12-17(13(2)19-18-12)16-10-8-15(9-11-16)14-6-4-3-5-7-14/h3-11H,1-2H3,(H,18,19). The van der Waals surface area contributed by atoms with Gasteiger partial charge in [0.25, 0.3) is 0 Å². The Balaban J connectivity index is 2.00. The summed E-state index contributed by atoms with van der Waals surface area (Å²) in [5.41, 5.74) is 7.07. The minimum Gasteiger partial charge on any atom is -0.282 e. The fourth-order valence-corrected chi connectivity index (χ4v) is 2.44. The topological polar surface area (TPSA) is 28.7 Å². The summed E-state index contributed by atoms with van der Waals surface area (Å²) in [6, 6.07) is 19.1. The molecule has 1 heterocycles. The van der Waals surface area contributed by atoms with Crippen LogP contribution >= 0.6 is 0 Å². The first-order valence-corrected chi connectivity index (χ1v) is 6.43. The molecule has 0 aliphatic heterocycles. The van der Waals surface area contributed by atoms with Crippen molar-refractivity contribution in [1.82, 2.24) is 10.2 Å². The van der Waals surface area contributed by atoms with E-state index in [0.29, 0.717) is 0 Å². The highest BCUT2D eigenvalue weighted by Crippen LogP contribution is 2.28. The van der Waals surface area contributed by atoms with Gasteiger partial charge in [-0.15, -0.1) is 0 Å². The average Bonchev–Trinajstić information content (AvgIpc) is 2.79. The predicted molar refractivity (Wildman–Crippen MR) is 78.9 cm³/mol. The van der Waals surface area contributed by atoms with Crippen LogP contribution in [0.15, 0.2) is 54.6 Å². The molecule has 0 spiro atoms. The van der Waals surface area contributed by atoms with E-state index in [1.807, 2.05) is 13.0 Å². The summed E-state index contributed by atoms with van der Waals surface area (Å²) in [6.45, 7) is 4.09. The van der Waals surface area contributed by atoms with Gasteiger partial charge in [-0.25, -0.2) is 0 Å². The largest absolute Gasteiger partial charge is 0.282 e. The molecule has 3 rings (SSSR count). The van der Waals surface area contributed by atoms with E-state index in [1.54, 1.807) is 0 Å². The van der Waals surface area contributed by atoms with E-state index in [1.165, 1.54) is 22.3 Å². The zero-order valence-electron chi connectivity index (χ0n) is 11.1. The van der Waals surface area contributed by atoms with Crippen LogP contribution in [-0.4, -0.2) is 10.2 Å². The Morgan fingerprint density at radius 3 is 1.89 bits per heavy atom. The Kier molecular flexibility index (Phi) is 2.92. The van der Waals surface area contributed by atoms with Crippen LogP contribution in [0.2, 0.25) is 0 Å². The van der Waals surface area contributed by atoms with Crippen molar-refractivity contribution in [3.05, 3.63) is 66.0 Å². The number of H-pyrrole nitrogens is 1. The molecule has 19 heavy (non-hydrogen) atoms. The van der Waals surface area contributed by atoms with Crippen LogP contribution in [0.1, 0.15) is 11.4 Å². The van der Waals surface area contributed by atoms with Gasteiger partial charge in [0.1, 0.15) is 0 Å². The number of aromatic nitrogens is 2. The molecule has 2 aromatic carbocycles. The SMILES string of the molecule is Cc1n[nH]c(C)c1-c1ccc(-c2ccccc2)cc1. The van der Waals surface area contributed by atoms with E-state index in [-0.39, 0.29) is 0 Å². The second-order valence-corrected chi connectivity index (χ2v) is 4.75. The fraction of sp³-hybridized carbons (Fsp3) is 0.118. The molecule has 0 radical (unpaired) electrons. The van der Waals surface area contributed by atoms with E-state index >= 15 is 0 Å². The maximum Gasteiger partial charge on any atom is 0.0672 e. The average molecular weight is 248 g/mol. The lowest BCUT2D eigenvalue weighted by Crippen LogP contribution is -1.83. The number of benzene rings is 2. The van der Waals surface area contributed by atoms with Gasteiger partial charge in [0.05, 0.1) is 5.69 Å². The lowest BCUT2D eigenvalue weighted by molar-refractivity contribution is 1.02. The Labute approximate surface area is 113 Å². The van der Waals surface area contributed by atoms with Gasteiger partial charge in [-0.05, 0) is 30.5 Å². The van der Waals surface area contributed by atoms with Crippen LogP contribution < -0.4 is 0 Å². The fourth-order valence-electron chi connectivity index (χ4n) is 2.44. The molecule has 94 valence electrons. The summed E-state index contributed by atoms with van der Waals surface area (Å²) < 4.78 is 0. The molecule has 0 amide bonds. The Hall–Kier alpha value is -2.35. The highest BCUT2D eigenvalue weighted by molar-refractivity contribution is 5.72. The summed E-state index contributed by atoms with van der Waals surface area (Å²) >= 11 is 0. The zero-order valence-corrected chi connectivity index (χ0v) is 11.1. The first-order chi connectivity index (χ1) is 9.25. The van der Waals surface area contributed by atoms with Gasteiger partial charge >= 0.3 is 0 Å².